The van der Waals surface area contributed by atoms with Crippen LogP contribution in [0.1, 0.15) is 30.6 Å². The van der Waals surface area contributed by atoms with Gasteiger partial charge in [0.2, 0.25) is 0 Å². The van der Waals surface area contributed by atoms with E-state index in [4.69, 9.17) is 0 Å². The van der Waals surface area contributed by atoms with E-state index in [2.05, 4.69) is 0 Å². The second-order valence-electron chi connectivity index (χ2n) is 5.77. The Labute approximate surface area is 120 Å². The molecule has 0 radical (unpaired) electrons. The van der Waals surface area contributed by atoms with Crippen molar-refractivity contribution >= 4 is 15.7 Å². The molecule has 1 saturated heterocycles. The lowest BCUT2D eigenvalue weighted by molar-refractivity contribution is 0.0672. The molecule has 0 bridgehead atoms. The molecule has 1 aliphatic heterocycles. The molecule has 2 rings (SSSR count). The zero-order chi connectivity index (χ0) is 14.8. The summed E-state index contributed by atoms with van der Waals surface area (Å²) in [6.07, 6.45) is 0.549. The standard InChI is InChI=1S/C15H21NO3S/c1-12(2)10-16(14-8-9-20(18,19)11-14)15(17)13-6-4-3-5-7-13/h3-7,12,14H,8-11H2,1-2H3. The molecular weight excluding hydrogens is 274 g/mol. The number of rotatable bonds is 4. The van der Waals surface area contributed by atoms with Crippen LogP contribution in [0.3, 0.4) is 0 Å². The number of benzene rings is 1. The Kier molecular flexibility index (Phi) is 4.48. The fraction of sp³-hybridized carbons (Fsp3) is 0.533. The summed E-state index contributed by atoms with van der Waals surface area (Å²) in [5.74, 6) is 0.527. The molecule has 1 fully saturated rings. The van der Waals surface area contributed by atoms with Crippen molar-refractivity contribution < 1.29 is 13.2 Å². The van der Waals surface area contributed by atoms with Crippen LogP contribution in [-0.4, -0.2) is 43.3 Å². The van der Waals surface area contributed by atoms with Gasteiger partial charge in [-0.15, -0.1) is 0 Å². The van der Waals surface area contributed by atoms with Crippen molar-refractivity contribution in [1.82, 2.24) is 4.90 Å². The van der Waals surface area contributed by atoms with Gasteiger partial charge >= 0.3 is 0 Å². The minimum absolute atomic E-state index is 0.0681. The van der Waals surface area contributed by atoms with Gasteiger partial charge in [-0.1, -0.05) is 32.0 Å². The number of carbonyl (C=O) groups excluding carboxylic acids is 1. The fourth-order valence-corrected chi connectivity index (χ4v) is 4.29. The summed E-state index contributed by atoms with van der Waals surface area (Å²) >= 11 is 0. The summed E-state index contributed by atoms with van der Waals surface area (Å²) in [6, 6.07) is 8.88. The summed E-state index contributed by atoms with van der Waals surface area (Å²) in [5.41, 5.74) is 0.623. The van der Waals surface area contributed by atoms with E-state index in [1.807, 2.05) is 32.0 Å². The van der Waals surface area contributed by atoms with Gasteiger partial charge in [0.15, 0.2) is 9.84 Å². The first kappa shape index (κ1) is 15.0. The summed E-state index contributed by atoms with van der Waals surface area (Å²) < 4.78 is 23.3. The molecule has 0 saturated carbocycles. The Morgan fingerprint density at radius 2 is 1.95 bits per heavy atom. The number of nitrogens with zero attached hydrogens (tertiary/aromatic N) is 1. The predicted octanol–water partition coefficient (Wildman–Crippen LogP) is 1.97. The van der Waals surface area contributed by atoms with Gasteiger partial charge in [0.1, 0.15) is 0 Å². The maximum Gasteiger partial charge on any atom is 0.254 e. The number of amides is 1. The van der Waals surface area contributed by atoms with Crippen molar-refractivity contribution in [1.29, 1.82) is 0 Å². The van der Waals surface area contributed by atoms with Gasteiger partial charge in [-0.2, -0.15) is 0 Å². The Bertz CT molecular complexity index is 566. The van der Waals surface area contributed by atoms with Crippen molar-refractivity contribution in [2.24, 2.45) is 5.92 Å². The van der Waals surface area contributed by atoms with Crippen molar-refractivity contribution in [2.45, 2.75) is 26.3 Å². The molecule has 5 heteroatoms. The lowest BCUT2D eigenvalue weighted by Crippen LogP contribution is -2.43. The largest absolute Gasteiger partial charge is 0.334 e. The SMILES string of the molecule is CC(C)CN(C(=O)c1ccccc1)C1CCS(=O)(=O)C1. The molecule has 4 nitrogen and oxygen atoms in total. The summed E-state index contributed by atoms with van der Waals surface area (Å²) in [4.78, 5) is 14.4. The minimum Gasteiger partial charge on any atom is -0.334 e. The zero-order valence-corrected chi connectivity index (χ0v) is 12.8. The van der Waals surface area contributed by atoms with Gasteiger partial charge in [0, 0.05) is 18.2 Å². The maximum atomic E-state index is 12.6. The van der Waals surface area contributed by atoms with E-state index in [1.165, 1.54) is 0 Å². The predicted molar refractivity (Wildman–Crippen MR) is 79.4 cm³/mol. The monoisotopic (exact) mass is 295 g/mol. The molecule has 1 aromatic carbocycles. The number of sulfone groups is 1. The van der Waals surface area contributed by atoms with E-state index in [9.17, 15) is 13.2 Å². The van der Waals surface area contributed by atoms with E-state index in [0.717, 1.165) is 0 Å². The molecule has 1 atom stereocenters. The van der Waals surface area contributed by atoms with Crippen LogP contribution in [0.25, 0.3) is 0 Å². The topological polar surface area (TPSA) is 54.5 Å². The van der Waals surface area contributed by atoms with Crippen LogP contribution in [0.15, 0.2) is 30.3 Å². The zero-order valence-electron chi connectivity index (χ0n) is 12.0. The molecule has 1 unspecified atom stereocenters. The van der Waals surface area contributed by atoms with Crippen LogP contribution in [-0.2, 0) is 9.84 Å². The van der Waals surface area contributed by atoms with E-state index in [-0.39, 0.29) is 23.5 Å². The normalized spacial score (nSPS) is 21.1. The van der Waals surface area contributed by atoms with Gasteiger partial charge in [-0.3, -0.25) is 4.79 Å². The molecule has 1 aliphatic rings. The number of hydrogen-bond donors (Lipinski definition) is 0. The van der Waals surface area contributed by atoms with Crippen molar-refractivity contribution in [3.63, 3.8) is 0 Å². The van der Waals surface area contributed by atoms with Gasteiger partial charge in [0.05, 0.1) is 11.5 Å². The van der Waals surface area contributed by atoms with E-state index in [0.29, 0.717) is 24.4 Å². The van der Waals surface area contributed by atoms with Gasteiger partial charge in [0.25, 0.3) is 5.91 Å². The molecule has 0 aromatic heterocycles. The highest BCUT2D eigenvalue weighted by Crippen LogP contribution is 2.21. The summed E-state index contributed by atoms with van der Waals surface area (Å²) in [5, 5.41) is 0. The lowest BCUT2D eigenvalue weighted by Gasteiger charge is -2.30. The van der Waals surface area contributed by atoms with E-state index >= 15 is 0 Å². The Morgan fingerprint density at radius 1 is 1.30 bits per heavy atom. The van der Waals surface area contributed by atoms with Crippen molar-refractivity contribution in [3.05, 3.63) is 35.9 Å². The smallest absolute Gasteiger partial charge is 0.254 e. The van der Waals surface area contributed by atoms with Gasteiger partial charge < -0.3 is 4.90 Å². The third-order valence-corrected chi connectivity index (χ3v) is 5.24. The third kappa shape index (κ3) is 3.60. The van der Waals surface area contributed by atoms with Crippen molar-refractivity contribution in [2.75, 3.05) is 18.1 Å². The first-order chi connectivity index (χ1) is 9.39. The molecule has 0 spiro atoms. The average Bonchev–Trinajstić information content (AvgIpc) is 2.76. The molecule has 1 heterocycles. The highest BCUT2D eigenvalue weighted by atomic mass is 32.2. The Hall–Kier alpha value is -1.36. The second kappa shape index (κ2) is 5.95. The van der Waals surface area contributed by atoms with E-state index < -0.39 is 9.84 Å². The minimum atomic E-state index is -2.99. The lowest BCUT2D eigenvalue weighted by atomic mass is 10.1. The Morgan fingerprint density at radius 3 is 2.45 bits per heavy atom. The molecule has 20 heavy (non-hydrogen) atoms. The number of carbonyl (C=O) groups is 1. The van der Waals surface area contributed by atoms with Crippen molar-refractivity contribution in [3.8, 4) is 0 Å². The first-order valence-corrected chi connectivity index (χ1v) is 8.77. The van der Waals surface area contributed by atoms with Crippen LogP contribution in [0.4, 0.5) is 0 Å². The summed E-state index contributed by atoms with van der Waals surface area (Å²) in [6.45, 7) is 4.66. The van der Waals surface area contributed by atoms with E-state index in [1.54, 1.807) is 17.0 Å². The van der Waals surface area contributed by atoms with Crippen LogP contribution >= 0.6 is 0 Å². The molecule has 0 N–H and O–H groups in total. The molecule has 0 aliphatic carbocycles. The van der Waals surface area contributed by atoms with Gasteiger partial charge in [-0.05, 0) is 24.5 Å². The number of hydrogen-bond acceptors (Lipinski definition) is 3. The summed E-state index contributed by atoms with van der Waals surface area (Å²) in [7, 11) is -2.99. The van der Waals surface area contributed by atoms with Crippen LogP contribution < -0.4 is 0 Å². The maximum absolute atomic E-state index is 12.6. The highest BCUT2D eigenvalue weighted by Gasteiger charge is 2.35. The quantitative estimate of drug-likeness (QED) is 0.853. The molecular formula is C15H21NO3S. The van der Waals surface area contributed by atoms with Crippen LogP contribution in [0.5, 0.6) is 0 Å². The highest BCUT2D eigenvalue weighted by molar-refractivity contribution is 7.91. The average molecular weight is 295 g/mol. The first-order valence-electron chi connectivity index (χ1n) is 6.95. The van der Waals surface area contributed by atoms with Crippen LogP contribution in [0, 0.1) is 5.92 Å². The molecule has 1 amide bonds. The Balaban J connectivity index is 2.22. The fourth-order valence-electron chi connectivity index (χ4n) is 2.56. The molecule has 1 aromatic rings. The second-order valence-corrected chi connectivity index (χ2v) is 8.00. The van der Waals surface area contributed by atoms with Crippen LogP contribution in [0.2, 0.25) is 0 Å². The third-order valence-electron chi connectivity index (χ3n) is 3.49. The molecule has 110 valence electrons. The van der Waals surface area contributed by atoms with Gasteiger partial charge in [-0.25, -0.2) is 8.42 Å².